The van der Waals surface area contributed by atoms with Crippen LogP contribution in [0.1, 0.15) is 18.9 Å². The minimum absolute atomic E-state index is 0.576. The summed E-state index contributed by atoms with van der Waals surface area (Å²) in [5, 5.41) is 8.92. The summed E-state index contributed by atoms with van der Waals surface area (Å²) in [6.07, 6.45) is 1.96. The van der Waals surface area contributed by atoms with Crippen LogP contribution >= 0.6 is 27.5 Å². The first-order valence-corrected chi connectivity index (χ1v) is 6.30. The lowest BCUT2D eigenvalue weighted by atomic mass is 10.1. The maximum Gasteiger partial charge on any atom is 0.149 e. The first kappa shape index (κ1) is 10.6. The molecule has 80 valence electrons. The molecule has 0 unspecified atom stereocenters. The van der Waals surface area contributed by atoms with Gasteiger partial charge in [0.05, 0.1) is 10.2 Å². The predicted molar refractivity (Wildman–Crippen MR) is 65.8 cm³/mol. The third-order valence-corrected chi connectivity index (χ3v) is 3.70. The molecule has 0 aromatic carbocycles. The molecule has 0 bridgehead atoms. The second kappa shape index (κ2) is 4.32. The standard InChI is InChI=1S/C9H11BrN4S/c1-2-3-5-7(12-13-9(5)11)8-6(10)4-15-14-8/h4H,2-3H2,1H3,(H3,11,12,13). The number of aromatic nitrogens is 3. The van der Waals surface area contributed by atoms with Gasteiger partial charge in [0, 0.05) is 10.9 Å². The summed E-state index contributed by atoms with van der Waals surface area (Å²) in [5.74, 6) is 0.576. The van der Waals surface area contributed by atoms with Crippen molar-refractivity contribution in [1.29, 1.82) is 0 Å². The summed E-state index contributed by atoms with van der Waals surface area (Å²) in [7, 11) is 0. The lowest BCUT2D eigenvalue weighted by molar-refractivity contribution is 0.926. The van der Waals surface area contributed by atoms with Gasteiger partial charge in [0.25, 0.3) is 0 Å². The molecule has 6 heteroatoms. The summed E-state index contributed by atoms with van der Waals surface area (Å²) < 4.78 is 5.29. The first-order valence-electron chi connectivity index (χ1n) is 4.67. The van der Waals surface area contributed by atoms with E-state index >= 15 is 0 Å². The number of aromatic amines is 1. The Morgan fingerprint density at radius 1 is 1.60 bits per heavy atom. The lowest BCUT2D eigenvalue weighted by Gasteiger charge is -1.99. The van der Waals surface area contributed by atoms with Crippen molar-refractivity contribution in [2.45, 2.75) is 19.8 Å². The zero-order valence-corrected chi connectivity index (χ0v) is 10.7. The molecule has 0 spiro atoms. The number of H-pyrrole nitrogens is 1. The highest BCUT2D eigenvalue weighted by atomic mass is 79.9. The van der Waals surface area contributed by atoms with Crippen LogP contribution in [0.15, 0.2) is 9.85 Å². The van der Waals surface area contributed by atoms with Gasteiger partial charge in [0.15, 0.2) is 0 Å². The minimum atomic E-state index is 0.576. The third-order valence-electron chi connectivity index (χ3n) is 2.16. The zero-order chi connectivity index (χ0) is 10.8. The smallest absolute Gasteiger partial charge is 0.149 e. The van der Waals surface area contributed by atoms with Crippen molar-refractivity contribution in [3.63, 3.8) is 0 Å². The van der Waals surface area contributed by atoms with E-state index in [1.54, 1.807) is 0 Å². The monoisotopic (exact) mass is 286 g/mol. The summed E-state index contributed by atoms with van der Waals surface area (Å²) in [5.41, 5.74) is 8.69. The molecule has 2 heterocycles. The Balaban J connectivity index is 2.49. The van der Waals surface area contributed by atoms with Crippen molar-refractivity contribution in [3.05, 3.63) is 15.4 Å². The van der Waals surface area contributed by atoms with Crippen LogP contribution in [0.3, 0.4) is 0 Å². The van der Waals surface area contributed by atoms with Crippen LogP contribution in [0.5, 0.6) is 0 Å². The SMILES string of the molecule is CCCc1c(N)n[nH]c1-c1nscc1Br. The van der Waals surface area contributed by atoms with E-state index in [9.17, 15) is 0 Å². The van der Waals surface area contributed by atoms with Crippen molar-refractivity contribution < 1.29 is 0 Å². The van der Waals surface area contributed by atoms with Crippen molar-refractivity contribution in [2.75, 3.05) is 5.73 Å². The average molecular weight is 287 g/mol. The van der Waals surface area contributed by atoms with Gasteiger partial charge in [-0.25, -0.2) is 0 Å². The van der Waals surface area contributed by atoms with Crippen LogP contribution in [0, 0.1) is 0 Å². The Morgan fingerprint density at radius 2 is 2.40 bits per heavy atom. The largest absolute Gasteiger partial charge is 0.382 e. The Labute approximate surface area is 100 Å². The zero-order valence-electron chi connectivity index (χ0n) is 8.25. The third kappa shape index (κ3) is 1.91. The van der Waals surface area contributed by atoms with Gasteiger partial charge in [0.2, 0.25) is 0 Å². The van der Waals surface area contributed by atoms with E-state index in [0.29, 0.717) is 5.82 Å². The van der Waals surface area contributed by atoms with Crippen LogP contribution in [0.25, 0.3) is 11.4 Å². The van der Waals surface area contributed by atoms with Crippen LogP contribution in [0.4, 0.5) is 5.82 Å². The van der Waals surface area contributed by atoms with Gasteiger partial charge < -0.3 is 5.73 Å². The molecule has 2 rings (SSSR count). The Kier molecular flexibility index (Phi) is 3.06. The fourth-order valence-electron chi connectivity index (χ4n) is 1.47. The average Bonchev–Trinajstić information content (AvgIpc) is 2.76. The fourth-order valence-corrected chi connectivity index (χ4v) is 2.67. The van der Waals surface area contributed by atoms with Gasteiger partial charge in [-0.1, -0.05) is 13.3 Å². The Bertz CT molecular complexity index is 462. The van der Waals surface area contributed by atoms with Gasteiger partial charge in [-0.05, 0) is 33.9 Å². The highest BCUT2D eigenvalue weighted by molar-refractivity contribution is 9.10. The molecule has 0 amide bonds. The van der Waals surface area contributed by atoms with E-state index < -0.39 is 0 Å². The van der Waals surface area contributed by atoms with Crippen molar-refractivity contribution in [2.24, 2.45) is 0 Å². The number of nitrogens with two attached hydrogens (primary N) is 1. The maximum absolute atomic E-state index is 5.80. The molecule has 0 radical (unpaired) electrons. The van der Waals surface area contributed by atoms with E-state index in [1.165, 1.54) is 11.5 Å². The van der Waals surface area contributed by atoms with E-state index in [0.717, 1.165) is 34.3 Å². The molecule has 0 aliphatic rings. The number of hydrogen-bond acceptors (Lipinski definition) is 4. The Hall–Kier alpha value is -0.880. The van der Waals surface area contributed by atoms with Crippen LogP contribution in [-0.2, 0) is 6.42 Å². The molecule has 0 saturated heterocycles. The highest BCUT2D eigenvalue weighted by Gasteiger charge is 2.15. The van der Waals surface area contributed by atoms with E-state index in [2.05, 4.69) is 37.4 Å². The van der Waals surface area contributed by atoms with Gasteiger partial charge in [-0.15, -0.1) is 0 Å². The molecule has 0 aliphatic carbocycles. The molecule has 2 aromatic heterocycles. The summed E-state index contributed by atoms with van der Waals surface area (Å²) in [6.45, 7) is 2.12. The van der Waals surface area contributed by atoms with Gasteiger partial charge in [-0.2, -0.15) is 9.47 Å². The van der Waals surface area contributed by atoms with Crippen molar-refractivity contribution >= 4 is 33.3 Å². The minimum Gasteiger partial charge on any atom is -0.382 e. The number of halogens is 1. The number of anilines is 1. The molecule has 3 N–H and O–H groups in total. The molecule has 2 aromatic rings. The fraction of sp³-hybridized carbons (Fsp3) is 0.333. The summed E-state index contributed by atoms with van der Waals surface area (Å²) in [6, 6.07) is 0. The maximum atomic E-state index is 5.80. The second-order valence-corrected chi connectivity index (χ2v) is 4.71. The van der Waals surface area contributed by atoms with Crippen molar-refractivity contribution in [3.8, 4) is 11.4 Å². The molecule has 0 fully saturated rings. The van der Waals surface area contributed by atoms with Crippen LogP contribution in [0.2, 0.25) is 0 Å². The van der Waals surface area contributed by atoms with E-state index in [-0.39, 0.29) is 0 Å². The highest BCUT2D eigenvalue weighted by Crippen LogP contribution is 2.32. The molecule has 0 aliphatic heterocycles. The number of nitrogen functional groups attached to an aromatic ring is 1. The molecule has 0 saturated carbocycles. The van der Waals surface area contributed by atoms with Crippen molar-refractivity contribution in [1.82, 2.24) is 14.6 Å². The van der Waals surface area contributed by atoms with Crippen LogP contribution in [-0.4, -0.2) is 14.6 Å². The molecule has 0 atom stereocenters. The lowest BCUT2D eigenvalue weighted by Crippen LogP contribution is -1.92. The quantitative estimate of drug-likeness (QED) is 0.912. The second-order valence-electron chi connectivity index (χ2n) is 3.22. The van der Waals surface area contributed by atoms with E-state index in [1.807, 2.05) is 5.38 Å². The van der Waals surface area contributed by atoms with Gasteiger partial charge in [-0.3, -0.25) is 5.10 Å². The topological polar surface area (TPSA) is 67.6 Å². The number of hydrogen-bond donors (Lipinski definition) is 2. The molecule has 4 nitrogen and oxygen atoms in total. The number of nitrogens with zero attached hydrogens (tertiary/aromatic N) is 2. The van der Waals surface area contributed by atoms with Crippen LogP contribution < -0.4 is 5.73 Å². The normalized spacial score (nSPS) is 10.8. The van der Waals surface area contributed by atoms with Gasteiger partial charge >= 0.3 is 0 Å². The summed E-state index contributed by atoms with van der Waals surface area (Å²) >= 11 is 4.87. The Morgan fingerprint density at radius 3 is 3.00 bits per heavy atom. The number of nitrogens with one attached hydrogen (secondary N) is 1. The number of rotatable bonds is 3. The summed E-state index contributed by atoms with van der Waals surface area (Å²) in [4.78, 5) is 0. The predicted octanol–water partition coefficient (Wildman–Crippen LogP) is 2.83. The first-order chi connectivity index (χ1) is 7.24. The van der Waals surface area contributed by atoms with E-state index in [4.69, 9.17) is 5.73 Å². The molecular weight excluding hydrogens is 276 g/mol. The molecular formula is C9H11BrN4S. The van der Waals surface area contributed by atoms with Gasteiger partial charge in [0.1, 0.15) is 11.5 Å². The molecule has 15 heavy (non-hydrogen) atoms.